The van der Waals surface area contributed by atoms with Crippen LogP contribution in [-0.2, 0) is 4.79 Å². The predicted molar refractivity (Wildman–Crippen MR) is 89.8 cm³/mol. The zero-order valence-corrected chi connectivity index (χ0v) is 13.6. The molecular formula is C18H22N4O2. The standard InChI is InChI=1S/C18H22N4O2/c23-10-15(11-4-2-1-3-5-11)22-18(24)13-8-19-17-16(13)21-14(9-20-17)12-6-7-12/h8-12,15H,1-7H2,(H,19,20)(H,22,24)/t15-/m0/s1. The summed E-state index contributed by atoms with van der Waals surface area (Å²) < 4.78 is 0. The monoisotopic (exact) mass is 326 g/mol. The van der Waals surface area contributed by atoms with Gasteiger partial charge >= 0.3 is 0 Å². The Morgan fingerprint density at radius 1 is 1.25 bits per heavy atom. The average Bonchev–Trinajstić information content (AvgIpc) is 3.39. The van der Waals surface area contributed by atoms with Crippen LogP contribution in [0.25, 0.3) is 11.2 Å². The molecule has 0 bridgehead atoms. The minimum atomic E-state index is -0.415. The first-order valence-corrected chi connectivity index (χ1v) is 8.86. The maximum Gasteiger partial charge on any atom is 0.255 e. The molecule has 0 saturated heterocycles. The Hall–Kier alpha value is -2.24. The lowest BCUT2D eigenvalue weighted by Gasteiger charge is -2.27. The lowest BCUT2D eigenvalue weighted by molar-refractivity contribution is -0.110. The van der Waals surface area contributed by atoms with Gasteiger partial charge in [0.05, 0.1) is 23.5 Å². The van der Waals surface area contributed by atoms with Crippen LogP contribution in [-0.4, -0.2) is 33.2 Å². The van der Waals surface area contributed by atoms with E-state index in [9.17, 15) is 9.59 Å². The highest BCUT2D eigenvalue weighted by atomic mass is 16.2. The van der Waals surface area contributed by atoms with Crippen LogP contribution in [0.5, 0.6) is 0 Å². The van der Waals surface area contributed by atoms with Crippen LogP contribution in [0.2, 0.25) is 0 Å². The highest BCUT2D eigenvalue weighted by Crippen LogP contribution is 2.39. The Bertz CT molecular complexity index is 759. The molecule has 24 heavy (non-hydrogen) atoms. The normalized spacial score (nSPS) is 20.0. The fourth-order valence-electron chi connectivity index (χ4n) is 3.64. The van der Waals surface area contributed by atoms with Crippen LogP contribution >= 0.6 is 0 Å². The largest absolute Gasteiger partial charge is 0.344 e. The van der Waals surface area contributed by atoms with Crippen LogP contribution in [0.4, 0.5) is 0 Å². The first-order valence-electron chi connectivity index (χ1n) is 8.86. The smallest absolute Gasteiger partial charge is 0.255 e. The Labute approximate surface area is 140 Å². The minimum absolute atomic E-state index is 0.244. The fourth-order valence-corrected chi connectivity index (χ4v) is 3.64. The molecule has 0 unspecified atom stereocenters. The number of nitrogens with zero attached hydrogens (tertiary/aromatic N) is 2. The third-order valence-corrected chi connectivity index (χ3v) is 5.24. The van der Waals surface area contributed by atoms with E-state index < -0.39 is 6.04 Å². The SMILES string of the molecule is O=C[C@H](NC(=O)c1c[nH]c2ncc(C3CC3)nc12)C1CCCCC1. The number of H-pyrrole nitrogens is 1. The molecule has 1 amide bonds. The molecule has 2 aliphatic rings. The van der Waals surface area contributed by atoms with Crippen molar-refractivity contribution in [3.63, 3.8) is 0 Å². The van der Waals surface area contributed by atoms with E-state index in [0.717, 1.165) is 50.5 Å². The summed E-state index contributed by atoms with van der Waals surface area (Å²) in [5, 5.41) is 2.90. The lowest BCUT2D eigenvalue weighted by Crippen LogP contribution is -2.42. The van der Waals surface area contributed by atoms with Gasteiger partial charge in [-0.25, -0.2) is 9.97 Å². The van der Waals surface area contributed by atoms with Gasteiger partial charge in [-0.3, -0.25) is 4.79 Å². The third-order valence-electron chi connectivity index (χ3n) is 5.24. The van der Waals surface area contributed by atoms with Crippen LogP contribution < -0.4 is 5.32 Å². The molecular weight excluding hydrogens is 304 g/mol. The van der Waals surface area contributed by atoms with Crippen LogP contribution in [0, 0.1) is 5.92 Å². The van der Waals surface area contributed by atoms with Gasteiger partial charge in [-0.05, 0) is 31.6 Å². The predicted octanol–water partition coefficient (Wildman–Crippen LogP) is 2.71. The summed E-state index contributed by atoms with van der Waals surface area (Å²) in [4.78, 5) is 36.1. The highest BCUT2D eigenvalue weighted by molar-refractivity contribution is 6.05. The van der Waals surface area contributed by atoms with Crippen molar-refractivity contribution in [3.05, 3.63) is 23.7 Å². The second-order valence-electron chi connectivity index (χ2n) is 7.00. The van der Waals surface area contributed by atoms with Crippen molar-refractivity contribution in [2.75, 3.05) is 0 Å². The van der Waals surface area contributed by atoms with Gasteiger partial charge in [-0.2, -0.15) is 0 Å². The first-order chi connectivity index (χ1) is 11.8. The van der Waals surface area contributed by atoms with Gasteiger partial charge in [0.2, 0.25) is 0 Å². The van der Waals surface area contributed by atoms with Gasteiger partial charge in [0, 0.05) is 12.1 Å². The molecule has 2 aromatic rings. The van der Waals surface area contributed by atoms with E-state index in [1.54, 1.807) is 12.4 Å². The first kappa shape index (κ1) is 15.3. The number of nitrogens with one attached hydrogen (secondary N) is 2. The van der Waals surface area contributed by atoms with E-state index in [4.69, 9.17) is 0 Å². The van der Waals surface area contributed by atoms with Crippen LogP contribution in [0.3, 0.4) is 0 Å². The zero-order valence-electron chi connectivity index (χ0n) is 13.6. The summed E-state index contributed by atoms with van der Waals surface area (Å²) in [6.45, 7) is 0. The van der Waals surface area contributed by atoms with Crippen molar-refractivity contribution in [2.24, 2.45) is 5.92 Å². The minimum Gasteiger partial charge on any atom is -0.344 e. The number of aldehydes is 1. The maximum atomic E-state index is 12.7. The van der Waals surface area contributed by atoms with E-state index >= 15 is 0 Å². The summed E-state index contributed by atoms with van der Waals surface area (Å²) in [6.07, 6.45) is 12.1. The number of carbonyl (C=O) groups excluding carboxylic acids is 2. The molecule has 2 aliphatic carbocycles. The number of hydrogen-bond donors (Lipinski definition) is 2. The van der Waals surface area contributed by atoms with Crippen molar-refractivity contribution in [2.45, 2.75) is 56.9 Å². The van der Waals surface area contributed by atoms with Crippen molar-refractivity contribution in [3.8, 4) is 0 Å². The van der Waals surface area contributed by atoms with E-state index in [1.807, 2.05) is 0 Å². The Balaban J connectivity index is 1.55. The molecule has 4 rings (SSSR count). The molecule has 0 radical (unpaired) electrons. The lowest BCUT2D eigenvalue weighted by atomic mass is 9.84. The average molecular weight is 326 g/mol. The summed E-state index contributed by atoms with van der Waals surface area (Å²) >= 11 is 0. The van der Waals surface area contributed by atoms with Gasteiger partial charge < -0.3 is 15.1 Å². The van der Waals surface area contributed by atoms with Crippen molar-refractivity contribution < 1.29 is 9.59 Å². The number of fused-ring (bicyclic) bond motifs is 1. The number of hydrogen-bond acceptors (Lipinski definition) is 4. The highest BCUT2D eigenvalue weighted by Gasteiger charge is 2.28. The summed E-state index contributed by atoms with van der Waals surface area (Å²) in [7, 11) is 0. The Morgan fingerprint density at radius 3 is 2.75 bits per heavy atom. The number of aromatic nitrogens is 3. The van der Waals surface area contributed by atoms with Crippen molar-refractivity contribution >= 4 is 23.4 Å². The Kier molecular flexibility index (Phi) is 4.04. The van der Waals surface area contributed by atoms with E-state index in [-0.39, 0.29) is 11.8 Å². The van der Waals surface area contributed by atoms with Gasteiger partial charge in [-0.15, -0.1) is 0 Å². The molecule has 0 spiro atoms. The van der Waals surface area contributed by atoms with E-state index in [0.29, 0.717) is 22.6 Å². The fraction of sp³-hybridized carbons (Fsp3) is 0.556. The van der Waals surface area contributed by atoms with E-state index in [1.165, 1.54) is 6.42 Å². The molecule has 6 heteroatoms. The van der Waals surface area contributed by atoms with Gasteiger partial charge in [0.1, 0.15) is 11.8 Å². The van der Waals surface area contributed by atoms with Crippen LogP contribution in [0.15, 0.2) is 12.4 Å². The molecule has 2 fully saturated rings. The van der Waals surface area contributed by atoms with Crippen LogP contribution in [0.1, 0.15) is 66.9 Å². The molecule has 6 nitrogen and oxygen atoms in total. The van der Waals surface area contributed by atoms with Gasteiger partial charge in [0.25, 0.3) is 5.91 Å². The summed E-state index contributed by atoms with van der Waals surface area (Å²) in [6, 6.07) is -0.415. The van der Waals surface area contributed by atoms with Crippen molar-refractivity contribution in [1.29, 1.82) is 0 Å². The summed E-state index contributed by atoms with van der Waals surface area (Å²) in [5.41, 5.74) is 2.65. The summed E-state index contributed by atoms with van der Waals surface area (Å²) in [5.74, 6) is 0.488. The topological polar surface area (TPSA) is 87.7 Å². The second-order valence-corrected chi connectivity index (χ2v) is 7.00. The zero-order chi connectivity index (χ0) is 16.5. The molecule has 2 N–H and O–H groups in total. The molecule has 2 saturated carbocycles. The number of amides is 1. The molecule has 2 aromatic heterocycles. The second kappa shape index (κ2) is 6.34. The number of aromatic amines is 1. The third kappa shape index (κ3) is 2.92. The quantitative estimate of drug-likeness (QED) is 0.827. The van der Waals surface area contributed by atoms with Gasteiger partial charge in [0.15, 0.2) is 5.65 Å². The number of carbonyl (C=O) groups is 2. The molecule has 126 valence electrons. The van der Waals surface area contributed by atoms with E-state index in [2.05, 4.69) is 20.3 Å². The Morgan fingerprint density at radius 2 is 2.04 bits per heavy atom. The molecule has 0 aliphatic heterocycles. The van der Waals surface area contributed by atoms with Crippen molar-refractivity contribution in [1.82, 2.24) is 20.3 Å². The molecule has 2 heterocycles. The number of rotatable bonds is 5. The molecule has 0 aromatic carbocycles. The molecule has 1 atom stereocenters. The van der Waals surface area contributed by atoms with Gasteiger partial charge in [-0.1, -0.05) is 19.3 Å². The maximum absolute atomic E-state index is 12.7.